The smallest absolute Gasteiger partial charge is 0.410 e. The molecule has 1 heterocycles. The Kier molecular flexibility index (Phi) is 6.08. The molecule has 0 saturated heterocycles. The highest BCUT2D eigenvalue weighted by molar-refractivity contribution is 6.30. The van der Waals surface area contributed by atoms with Crippen LogP contribution < -0.4 is 5.32 Å². The van der Waals surface area contributed by atoms with E-state index in [1.165, 1.54) is 11.1 Å². The van der Waals surface area contributed by atoms with Crippen molar-refractivity contribution < 1.29 is 9.53 Å². The summed E-state index contributed by atoms with van der Waals surface area (Å²) in [6, 6.07) is 7.85. The number of hydrogen-bond donors (Lipinski definition) is 1. The molecule has 0 bridgehead atoms. The molecule has 0 saturated carbocycles. The van der Waals surface area contributed by atoms with Crippen LogP contribution in [-0.2, 0) is 11.3 Å². The summed E-state index contributed by atoms with van der Waals surface area (Å²) in [4.78, 5) is 13.7. The van der Waals surface area contributed by atoms with Crippen LogP contribution in [0.25, 0.3) is 0 Å². The molecular weight excluding hydrogens is 312 g/mol. The van der Waals surface area contributed by atoms with E-state index in [0.717, 1.165) is 24.5 Å². The van der Waals surface area contributed by atoms with Crippen molar-refractivity contribution in [3.63, 3.8) is 0 Å². The molecule has 0 fully saturated rings. The number of carbonyl (C=O) groups excluding carboxylic acids is 1. The number of benzene rings is 1. The Labute approximate surface area is 143 Å². The fraction of sp³-hybridized carbons (Fsp3) is 0.500. The van der Waals surface area contributed by atoms with E-state index in [2.05, 4.69) is 11.4 Å². The molecule has 1 aliphatic heterocycles. The molecule has 0 unspecified atom stereocenters. The van der Waals surface area contributed by atoms with Gasteiger partial charge in [0.05, 0.1) is 0 Å². The molecule has 1 amide bonds. The average molecular weight is 337 g/mol. The molecule has 0 aromatic heterocycles. The minimum Gasteiger partial charge on any atom is -0.444 e. The molecule has 0 aliphatic carbocycles. The third kappa shape index (κ3) is 6.24. The van der Waals surface area contributed by atoms with E-state index >= 15 is 0 Å². The van der Waals surface area contributed by atoms with Gasteiger partial charge in [0, 0.05) is 31.2 Å². The van der Waals surface area contributed by atoms with Crippen LogP contribution in [0.1, 0.15) is 32.8 Å². The predicted octanol–water partition coefficient (Wildman–Crippen LogP) is 4.00. The second-order valence-electron chi connectivity index (χ2n) is 6.77. The maximum Gasteiger partial charge on any atom is 0.410 e. The van der Waals surface area contributed by atoms with E-state index < -0.39 is 5.60 Å². The molecule has 1 aromatic rings. The van der Waals surface area contributed by atoms with Gasteiger partial charge in [-0.1, -0.05) is 35.4 Å². The van der Waals surface area contributed by atoms with Crippen LogP contribution in [0.5, 0.6) is 0 Å². The minimum absolute atomic E-state index is 0.234. The largest absolute Gasteiger partial charge is 0.444 e. The molecule has 0 atom stereocenters. The van der Waals surface area contributed by atoms with E-state index in [1.54, 1.807) is 4.90 Å². The number of nitrogens with zero attached hydrogens (tertiary/aromatic N) is 1. The number of ether oxygens (including phenoxy) is 1. The van der Waals surface area contributed by atoms with Gasteiger partial charge in [-0.15, -0.1) is 0 Å². The van der Waals surface area contributed by atoms with Crippen molar-refractivity contribution in [3.8, 4) is 0 Å². The Balaban J connectivity index is 1.74. The molecule has 126 valence electrons. The Morgan fingerprint density at radius 2 is 1.96 bits per heavy atom. The third-order valence-corrected chi connectivity index (χ3v) is 3.80. The van der Waals surface area contributed by atoms with Crippen molar-refractivity contribution in [3.05, 3.63) is 46.5 Å². The van der Waals surface area contributed by atoms with Crippen LogP contribution in [0.2, 0.25) is 5.02 Å². The molecule has 0 radical (unpaired) electrons. The first-order valence-corrected chi connectivity index (χ1v) is 8.32. The summed E-state index contributed by atoms with van der Waals surface area (Å²) >= 11 is 5.87. The summed E-state index contributed by atoms with van der Waals surface area (Å²) < 4.78 is 5.39. The van der Waals surface area contributed by atoms with Gasteiger partial charge in [0.2, 0.25) is 0 Å². The summed E-state index contributed by atoms with van der Waals surface area (Å²) in [7, 11) is 0. The van der Waals surface area contributed by atoms with Crippen molar-refractivity contribution >= 4 is 17.7 Å². The summed E-state index contributed by atoms with van der Waals surface area (Å²) in [5.74, 6) is 0. The van der Waals surface area contributed by atoms with Crippen LogP contribution >= 0.6 is 11.6 Å². The van der Waals surface area contributed by atoms with Crippen LogP contribution in [0.4, 0.5) is 4.79 Å². The van der Waals surface area contributed by atoms with E-state index in [0.29, 0.717) is 13.1 Å². The molecular formula is C18H25ClN2O2. The first-order valence-electron chi connectivity index (χ1n) is 7.94. The summed E-state index contributed by atoms with van der Waals surface area (Å²) in [5, 5.41) is 4.18. The normalized spacial score (nSPS) is 15.3. The SMILES string of the molecule is CC(C)(C)OC(=O)N1CC=C(CNCc2ccc(Cl)cc2)CC1. The van der Waals surface area contributed by atoms with E-state index in [9.17, 15) is 4.79 Å². The Hall–Kier alpha value is -1.52. The molecule has 1 aliphatic rings. The number of carbonyl (C=O) groups is 1. The van der Waals surface area contributed by atoms with Gasteiger partial charge in [-0.2, -0.15) is 0 Å². The van der Waals surface area contributed by atoms with Crippen LogP contribution in [-0.4, -0.2) is 36.2 Å². The first kappa shape index (κ1) is 17.8. The topological polar surface area (TPSA) is 41.6 Å². The maximum absolute atomic E-state index is 12.0. The van der Waals surface area contributed by atoms with Gasteiger partial charge in [-0.25, -0.2) is 4.79 Å². The van der Waals surface area contributed by atoms with Crippen molar-refractivity contribution in [2.24, 2.45) is 0 Å². The minimum atomic E-state index is -0.443. The zero-order valence-corrected chi connectivity index (χ0v) is 14.8. The lowest BCUT2D eigenvalue weighted by Crippen LogP contribution is -2.39. The Bertz CT molecular complexity index is 561. The molecule has 4 nitrogen and oxygen atoms in total. The van der Waals surface area contributed by atoms with E-state index in [-0.39, 0.29) is 6.09 Å². The Morgan fingerprint density at radius 3 is 2.52 bits per heavy atom. The fourth-order valence-corrected chi connectivity index (χ4v) is 2.46. The van der Waals surface area contributed by atoms with Crippen molar-refractivity contribution in [2.45, 2.75) is 39.3 Å². The molecule has 2 rings (SSSR count). The number of halogens is 1. The highest BCUT2D eigenvalue weighted by Gasteiger charge is 2.23. The first-order chi connectivity index (χ1) is 10.8. The van der Waals surface area contributed by atoms with E-state index in [4.69, 9.17) is 16.3 Å². The van der Waals surface area contributed by atoms with Gasteiger partial charge in [-0.3, -0.25) is 0 Å². The van der Waals surface area contributed by atoms with Crippen molar-refractivity contribution in [2.75, 3.05) is 19.6 Å². The predicted molar refractivity (Wildman–Crippen MR) is 93.7 cm³/mol. The zero-order valence-electron chi connectivity index (χ0n) is 14.1. The quantitative estimate of drug-likeness (QED) is 0.845. The van der Waals surface area contributed by atoms with Crippen LogP contribution in [0.3, 0.4) is 0 Å². The number of rotatable bonds is 4. The van der Waals surface area contributed by atoms with Gasteiger partial charge in [0.1, 0.15) is 5.60 Å². The lowest BCUT2D eigenvalue weighted by molar-refractivity contribution is 0.0265. The van der Waals surface area contributed by atoms with E-state index in [1.807, 2.05) is 45.0 Å². The maximum atomic E-state index is 12.0. The number of hydrogen-bond acceptors (Lipinski definition) is 3. The third-order valence-electron chi connectivity index (χ3n) is 3.55. The monoisotopic (exact) mass is 336 g/mol. The van der Waals surface area contributed by atoms with Crippen LogP contribution in [0, 0.1) is 0 Å². The molecule has 5 heteroatoms. The van der Waals surface area contributed by atoms with Gasteiger partial charge in [-0.05, 0) is 44.9 Å². The highest BCUT2D eigenvalue weighted by Crippen LogP contribution is 2.15. The van der Waals surface area contributed by atoms with Crippen LogP contribution in [0.15, 0.2) is 35.9 Å². The number of amides is 1. The fourth-order valence-electron chi connectivity index (χ4n) is 2.33. The zero-order chi connectivity index (χ0) is 16.9. The molecule has 23 heavy (non-hydrogen) atoms. The highest BCUT2D eigenvalue weighted by atomic mass is 35.5. The van der Waals surface area contributed by atoms with Gasteiger partial charge in [0.25, 0.3) is 0 Å². The standard InChI is InChI=1S/C18H25ClN2O2/c1-18(2,3)23-17(22)21-10-8-15(9-11-21)13-20-12-14-4-6-16(19)7-5-14/h4-8,20H,9-13H2,1-3H3. The van der Waals surface area contributed by atoms with Gasteiger partial charge >= 0.3 is 6.09 Å². The van der Waals surface area contributed by atoms with Gasteiger partial charge in [0.15, 0.2) is 0 Å². The van der Waals surface area contributed by atoms with Crippen molar-refractivity contribution in [1.82, 2.24) is 10.2 Å². The summed E-state index contributed by atoms with van der Waals surface area (Å²) in [5.41, 5.74) is 2.10. The second-order valence-corrected chi connectivity index (χ2v) is 7.21. The average Bonchev–Trinajstić information content (AvgIpc) is 2.48. The molecule has 1 aromatic carbocycles. The summed E-state index contributed by atoms with van der Waals surface area (Å²) in [6.07, 6.45) is 2.76. The molecule has 1 N–H and O–H groups in total. The van der Waals surface area contributed by atoms with Gasteiger partial charge < -0.3 is 15.0 Å². The summed E-state index contributed by atoms with van der Waals surface area (Å²) in [6.45, 7) is 8.63. The second kappa shape index (κ2) is 7.84. The lowest BCUT2D eigenvalue weighted by Gasteiger charge is -2.29. The van der Waals surface area contributed by atoms with Crippen molar-refractivity contribution in [1.29, 1.82) is 0 Å². The lowest BCUT2D eigenvalue weighted by atomic mass is 10.1. The molecule has 0 spiro atoms. The number of nitrogens with one attached hydrogen (secondary N) is 1. The Morgan fingerprint density at radius 1 is 1.26 bits per heavy atom.